The van der Waals surface area contributed by atoms with Gasteiger partial charge in [0.05, 0.1) is 17.7 Å². The number of ether oxygens (including phenoxy) is 1. The number of carbonyl (C=O) groups is 1. The molecule has 0 radical (unpaired) electrons. The van der Waals surface area contributed by atoms with Crippen molar-refractivity contribution in [1.82, 2.24) is 5.32 Å². The van der Waals surface area contributed by atoms with Crippen LogP contribution >= 0.6 is 11.6 Å². The van der Waals surface area contributed by atoms with Crippen molar-refractivity contribution >= 4 is 33.2 Å². The molecule has 0 aromatic heterocycles. The molecule has 1 N–H and O–H groups in total. The van der Waals surface area contributed by atoms with E-state index in [-0.39, 0.29) is 10.6 Å². The summed E-state index contributed by atoms with van der Waals surface area (Å²) in [5, 5.41) is 3.16. The van der Waals surface area contributed by atoms with Crippen LogP contribution < -0.4 is 14.4 Å². The van der Waals surface area contributed by atoms with Crippen LogP contribution in [-0.4, -0.2) is 34.5 Å². The standard InChI is InChI=1S/C26H29ClN2O4S/c1-19-6-10-21(11-7-19)5-4-16-28-26(30)18-29(24-17-22(27)12-15-25(24)33-3)34(31,32)23-13-8-20(2)9-14-23/h6-15,17H,4-5,16,18H2,1-3H3,(H,28,30). The van der Waals surface area contributed by atoms with Gasteiger partial charge in [-0.3, -0.25) is 9.10 Å². The molecule has 6 nitrogen and oxygen atoms in total. The van der Waals surface area contributed by atoms with Gasteiger partial charge in [0.15, 0.2) is 0 Å². The molecule has 0 fully saturated rings. The first kappa shape index (κ1) is 25.6. The molecule has 34 heavy (non-hydrogen) atoms. The fourth-order valence-corrected chi connectivity index (χ4v) is 5.05. The Morgan fingerprint density at radius 2 is 1.59 bits per heavy atom. The topological polar surface area (TPSA) is 75.7 Å². The summed E-state index contributed by atoms with van der Waals surface area (Å²) in [5.74, 6) is -0.117. The molecule has 0 atom stereocenters. The molecule has 0 unspecified atom stereocenters. The van der Waals surface area contributed by atoms with E-state index in [0.717, 1.165) is 22.7 Å². The van der Waals surface area contributed by atoms with Crippen LogP contribution in [0.3, 0.4) is 0 Å². The third-order valence-corrected chi connectivity index (χ3v) is 7.40. The summed E-state index contributed by atoms with van der Waals surface area (Å²) < 4.78 is 33.5. The predicted octanol–water partition coefficient (Wildman–Crippen LogP) is 4.91. The van der Waals surface area contributed by atoms with E-state index >= 15 is 0 Å². The summed E-state index contributed by atoms with van der Waals surface area (Å²) in [5.41, 5.74) is 3.51. The Balaban J connectivity index is 1.78. The lowest BCUT2D eigenvalue weighted by Crippen LogP contribution is -2.41. The van der Waals surface area contributed by atoms with Crippen molar-refractivity contribution in [2.24, 2.45) is 0 Å². The number of nitrogens with zero attached hydrogens (tertiary/aromatic N) is 1. The Labute approximate surface area is 206 Å². The number of halogens is 1. The SMILES string of the molecule is COc1ccc(Cl)cc1N(CC(=O)NCCCc1ccc(C)cc1)S(=O)(=O)c1ccc(C)cc1. The summed E-state index contributed by atoms with van der Waals surface area (Å²) in [4.78, 5) is 12.9. The van der Waals surface area contributed by atoms with E-state index in [0.29, 0.717) is 17.3 Å². The maximum atomic E-state index is 13.5. The van der Waals surface area contributed by atoms with Crippen LogP contribution in [0.5, 0.6) is 5.75 Å². The first-order valence-corrected chi connectivity index (χ1v) is 12.8. The largest absolute Gasteiger partial charge is 0.495 e. The molecule has 1 amide bonds. The van der Waals surface area contributed by atoms with E-state index < -0.39 is 22.5 Å². The normalized spacial score (nSPS) is 11.2. The molecule has 0 saturated heterocycles. The molecule has 3 aromatic carbocycles. The fourth-order valence-electron chi connectivity index (χ4n) is 3.46. The minimum atomic E-state index is -4.06. The summed E-state index contributed by atoms with van der Waals surface area (Å²) in [7, 11) is -2.62. The number of hydrogen-bond donors (Lipinski definition) is 1. The lowest BCUT2D eigenvalue weighted by Gasteiger charge is -2.26. The Hall–Kier alpha value is -3.03. The number of nitrogens with one attached hydrogen (secondary N) is 1. The van der Waals surface area contributed by atoms with Gasteiger partial charge in [0.25, 0.3) is 10.0 Å². The molecule has 0 aliphatic rings. The van der Waals surface area contributed by atoms with Gasteiger partial charge in [-0.25, -0.2) is 8.42 Å². The van der Waals surface area contributed by atoms with Crippen molar-refractivity contribution in [3.8, 4) is 5.75 Å². The van der Waals surface area contributed by atoms with Gasteiger partial charge in [0.2, 0.25) is 5.91 Å². The van der Waals surface area contributed by atoms with Crippen LogP contribution in [0.15, 0.2) is 71.6 Å². The van der Waals surface area contributed by atoms with Crippen molar-refractivity contribution in [3.05, 3.63) is 88.4 Å². The third kappa shape index (κ3) is 6.52. The molecule has 180 valence electrons. The van der Waals surface area contributed by atoms with E-state index in [4.69, 9.17) is 16.3 Å². The van der Waals surface area contributed by atoms with Crippen LogP contribution in [0.1, 0.15) is 23.1 Å². The van der Waals surface area contributed by atoms with Gasteiger partial charge in [0.1, 0.15) is 12.3 Å². The second-order valence-electron chi connectivity index (χ2n) is 8.08. The highest BCUT2D eigenvalue weighted by Gasteiger charge is 2.29. The number of sulfonamides is 1. The highest BCUT2D eigenvalue weighted by Crippen LogP contribution is 2.34. The zero-order valence-corrected chi connectivity index (χ0v) is 21.1. The maximum absolute atomic E-state index is 13.5. The first-order chi connectivity index (χ1) is 16.2. The van der Waals surface area contributed by atoms with Gasteiger partial charge in [-0.2, -0.15) is 0 Å². The van der Waals surface area contributed by atoms with Gasteiger partial charge >= 0.3 is 0 Å². The predicted molar refractivity (Wildman–Crippen MR) is 136 cm³/mol. The fraction of sp³-hybridized carbons (Fsp3) is 0.269. The highest BCUT2D eigenvalue weighted by molar-refractivity contribution is 7.92. The van der Waals surface area contributed by atoms with Crippen LogP contribution in [-0.2, 0) is 21.2 Å². The van der Waals surface area contributed by atoms with Gasteiger partial charge in [-0.1, -0.05) is 59.1 Å². The van der Waals surface area contributed by atoms with Gasteiger partial charge in [-0.15, -0.1) is 0 Å². The molecular weight excluding hydrogens is 472 g/mol. The number of carbonyl (C=O) groups excluding carboxylic acids is 1. The van der Waals surface area contributed by atoms with E-state index in [1.165, 1.54) is 36.4 Å². The summed E-state index contributed by atoms with van der Waals surface area (Å²) in [6.07, 6.45) is 1.55. The van der Waals surface area contributed by atoms with E-state index in [2.05, 4.69) is 29.6 Å². The number of rotatable bonds is 10. The van der Waals surface area contributed by atoms with Crippen LogP contribution in [0.2, 0.25) is 5.02 Å². The number of benzene rings is 3. The maximum Gasteiger partial charge on any atom is 0.264 e. The lowest BCUT2D eigenvalue weighted by molar-refractivity contribution is -0.119. The number of aryl methyl sites for hydroxylation is 3. The number of anilines is 1. The second kappa shape index (κ2) is 11.4. The summed E-state index contributed by atoms with van der Waals surface area (Å²) in [6.45, 7) is 3.93. The Morgan fingerprint density at radius 1 is 0.971 bits per heavy atom. The van der Waals surface area contributed by atoms with E-state index in [1.54, 1.807) is 24.3 Å². The van der Waals surface area contributed by atoms with Gasteiger partial charge in [0, 0.05) is 11.6 Å². The van der Waals surface area contributed by atoms with Crippen molar-refractivity contribution in [2.45, 2.75) is 31.6 Å². The molecule has 0 bridgehead atoms. The number of amides is 1. The molecular formula is C26H29ClN2O4S. The second-order valence-corrected chi connectivity index (χ2v) is 10.4. The van der Waals surface area contributed by atoms with Crippen molar-refractivity contribution in [1.29, 1.82) is 0 Å². The average Bonchev–Trinajstić information content (AvgIpc) is 2.81. The smallest absolute Gasteiger partial charge is 0.264 e. The van der Waals surface area contributed by atoms with Crippen LogP contribution in [0.4, 0.5) is 5.69 Å². The van der Waals surface area contributed by atoms with Crippen molar-refractivity contribution < 1.29 is 17.9 Å². The van der Waals surface area contributed by atoms with Crippen molar-refractivity contribution in [3.63, 3.8) is 0 Å². The molecule has 0 aliphatic heterocycles. The van der Waals surface area contributed by atoms with Crippen LogP contribution in [0, 0.1) is 13.8 Å². The van der Waals surface area contributed by atoms with Crippen LogP contribution in [0.25, 0.3) is 0 Å². The van der Waals surface area contributed by atoms with E-state index in [9.17, 15) is 13.2 Å². The quantitative estimate of drug-likeness (QED) is 0.401. The molecule has 0 spiro atoms. The molecule has 3 rings (SSSR count). The average molecular weight is 501 g/mol. The van der Waals surface area contributed by atoms with E-state index in [1.807, 2.05) is 13.8 Å². The highest BCUT2D eigenvalue weighted by atomic mass is 35.5. The molecule has 0 heterocycles. The molecule has 8 heteroatoms. The number of methoxy groups -OCH3 is 1. The molecule has 0 saturated carbocycles. The zero-order valence-electron chi connectivity index (χ0n) is 19.5. The van der Waals surface area contributed by atoms with Crippen molar-refractivity contribution in [2.75, 3.05) is 24.5 Å². The Bertz CT molecular complexity index is 1230. The minimum absolute atomic E-state index is 0.0762. The zero-order chi connectivity index (χ0) is 24.7. The van der Waals surface area contributed by atoms with Gasteiger partial charge < -0.3 is 10.1 Å². The summed E-state index contributed by atoms with van der Waals surface area (Å²) >= 11 is 6.16. The minimum Gasteiger partial charge on any atom is -0.495 e. The number of hydrogen-bond acceptors (Lipinski definition) is 4. The monoisotopic (exact) mass is 500 g/mol. The lowest BCUT2D eigenvalue weighted by atomic mass is 10.1. The Kier molecular flexibility index (Phi) is 8.58. The van der Waals surface area contributed by atoms with Gasteiger partial charge in [-0.05, 0) is 62.6 Å². The summed E-state index contributed by atoms with van der Waals surface area (Å²) in [6, 6.07) is 19.4. The first-order valence-electron chi connectivity index (χ1n) is 11.0. The molecule has 0 aliphatic carbocycles. The Morgan fingerprint density at radius 3 is 2.21 bits per heavy atom. The third-order valence-electron chi connectivity index (χ3n) is 5.39. The molecule has 3 aromatic rings.